The van der Waals surface area contributed by atoms with Crippen molar-refractivity contribution >= 4 is 23.5 Å². The Bertz CT molecular complexity index is 577. The molecule has 0 bridgehead atoms. The number of morpholine rings is 1. The van der Waals surface area contributed by atoms with Crippen molar-refractivity contribution in [2.24, 2.45) is 4.99 Å². The zero-order valence-corrected chi connectivity index (χ0v) is 11.5. The maximum absolute atomic E-state index is 11.9. The Morgan fingerprint density at radius 2 is 1.90 bits per heavy atom. The standard InChI is InChI=1S/C14H13ClN2O3/c15-12(17-6-8-19-9-7-17)11-14(18)20-13(16-11)10-4-2-1-3-5-10/h1-5H,6-9H2/b12-11+. The lowest BCUT2D eigenvalue weighted by Crippen LogP contribution is -2.35. The molecule has 1 aromatic carbocycles. The monoisotopic (exact) mass is 292 g/mol. The third-order valence-corrected chi connectivity index (χ3v) is 3.52. The SMILES string of the molecule is O=C1OC(c2ccccc2)=N/C1=C(\Cl)N1CCOCC1. The number of aliphatic imine (C=N–C) groups is 1. The average molecular weight is 293 g/mol. The Balaban J connectivity index is 1.89. The molecule has 0 N–H and O–H groups in total. The highest BCUT2D eigenvalue weighted by molar-refractivity contribution is 6.32. The predicted octanol–water partition coefficient (Wildman–Crippen LogP) is 1.73. The Labute approximate surface area is 121 Å². The van der Waals surface area contributed by atoms with Crippen LogP contribution >= 0.6 is 11.6 Å². The molecule has 1 fully saturated rings. The minimum absolute atomic E-state index is 0.160. The van der Waals surface area contributed by atoms with E-state index in [4.69, 9.17) is 21.1 Å². The van der Waals surface area contributed by atoms with E-state index in [0.717, 1.165) is 5.56 Å². The molecule has 2 heterocycles. The van der Waals surface area contributed by atoms with Gasteiger partial charge >= 0.3 is 5.97 Å². The summed E-state index contributed by atoms with van der Waals surface area (Å²) in [5, 5.41) is 0.323. The average Bonchev–Trinajstić information content (AvgIpc) is 2.90. The quantitative estimate of drug-likeness (QED) is 0.473. The van der Waals surface area contributed by atoms with Gasteiger partial charge in [-0.1, -0.05) is 29.8 Å². The van der Waals surface area contributed by atoms with Crippen molar-refractivity contribution in [3.05, 3.63) is 46.7 Å². The number of nitrogens with zero attached hydrogens (tertiary/aromatic N) is 2. The molecule has 3 rings (SSSR count). The van der Waals surface area contributed by atoms with Gasteiger partial charge in [-0.15, -0.1) is 0 Å². The smallest absolute Gasteiger partial charge is 0.366 e. The van der Waals surface area contributed by atoms with Gasteiger partial charge in [0.15, 0.2) is 5.70 Å². The van der Waals surface area contributed by atoms with E-state index >= 15 is 0 Å². The summed E-state index contributed by atoms with van der Waals surface area (Å²) in [5.41, 5.74) is 0.912. The first kappa shape index (κ1) is 13.1. The van der Waals surface area contributed by atoms with Gasteiger partial charge < -0.3 is 14.4 Å². The molecule has 0 saturated carbocycles. The fourth-order valence-corrected chi connectivity index (χ4v) is 2.34. The Kier molecular flexibility index (Phi) is 3.71. The lowest BCUT2D eigenvalue weighted by molar-refractivity contribution is -0.130. The van der Waals surface area contributed by atoms with Crippen LogP contribution in [0.4, 0.5) is 0 Å². The van der Waals surface area contributed by atoms with Crippen LogP contribution < -0.4 is 0 Å². The Hall–Kier alpha value is -1.85. The summed E-state index contributed by atoms with van der Waals surface area (Å²) in [5.74, 6) is -0.225. The summed E-state index contributed by atoms with van der Waals surface area (Å²) < 4.78 is 10.4. The highest BCUT2D eigenvalue weighted by Gasteiger charge is 2.29. The number of carbonyl (C=O) groups excluding carboxylic acids is 1. The topological polar surface area (TPSA) is 51.1 Å². The molecule has 0 aromatic heterocycles. The molecule has 104 valence electrons. The van der Waals surface area contributed by atoms with Gasteiger partial charge in [0.05, 0.1) is 13.2 Å². The summed E-state index contributed by atoms with van der Waals surface area (Å²) in [6, 6.07) is 9.27. The number of esters is 1. The van der Waals surface area contributed by atoms with Gasteiger partial charge in [-0.25, -0.2) is 9.79 Å². The number of ether oxygens (including phenoxy) is 2. The van der Waals surface area contributed by atoms with Crippen LogP contribution in [0.1, 0.15) is 5.56 Å². The van der Waals surface area contributed by atoms with Crippen LogP contribution in [-0.2, 0) is 14.3 Å². The molecule has 1 aromatic rings. The Morgan fingerprint density at radius 1 is 1.20 bits per heavy atom. The van der Waals surface area contributed by atoms with E-state index in [2.05, 4.69) is 4.99 Å². The third kappa shape index (κ3) is 2.55. The van der Waals surface area contributed by atoms with Crippen LogP contribution in [0.3, 0.4) is 0 Å². The maximum atomic E-state index is 11.9. The summed E-state index contributed by atoms with van der Waals surface area (Å²) >= 11 is 6.26. The number of halogens is 1. The molecule has 0 unspecified atom stereocenters. The van der Waals surface area contributed by atoms with Gasteiger partial charge in [0.1, 0.15) is 5.16 Å². The molecule has 0 aliphatic carbocycles. The molecule has 2 aliphatic heterocycles. The van der Waals surface area contributed by atoms with Crippen LogP contribution in [-0.4, -0.2) is 43.1 Å². The normalized spacial score (nSPS) is 21.6. The van der Waals surface area contributed by atoms with E-state index in [9.17, 15) is 4.79 Å². The number of rotatable bonds is 2. The third-order valence-electron chi connectivity index (χ3n) is 3.10. The van der Waals surface area contributed by atoms with Crippen molar-refractivity contribution in [1.29, 1.82) is 0 Å². The fraction of sp³-hybridized carbons (Fsp3) is 0.286. The van der Waals surface area contributed by atoms with Crippen molar-refractivity contribution in [3.63, 3.8) is 0 Å². The first-order valence-electron chi connectivity index (χ1n) is 6.34. The van der Waals surface area contributed by atoms with Gasteiger partial charge in [0.25, 0.3) is 0 Å². The van der Waals surface area contributed by atoms with Crippen LogP contribution in [0.15, 0.2) is 46.2 Å². The van der Waals surface area contributed by atoms with E-state index in [1.807, 2.05) is 35.2 Å². The van der Waals surface area contributed by atoms with Gasteiger partial charge in [-0.05, 0) is 12.1 Å². The van der Waals surface area contributed by atoms with Crippen molar-refractivity contribution in [2.45, 2.75) is 0 Å². The molecule has 1 saturated heterocycles. The largest absolute Gasteiger partial charge is 0.402 e. The molecule has 6 heteroatoms. The minimum Gasteiger partial charge on any atom is -0.402 e. The number of hydrogen-bond donors (Lipinski definition) is 0. The molecule has 0 spiro atoms. The van der Waals surface area contributed by atoms with Crippen LogP contribution in [0.2, 0.25) is 0 Å². The van der Waals surface area contributed by atoms with Gasteiger partial charge in [0.2, 0.25) is 5.90 Å². The first-order chi connectivity index (χ1) is 9.75. The van der Waals surface area contributed by atoms with Crippen molar-refractivity contribution in [3.8, 4) is 0 Å². The van der Waals surface area contributed by atoms with E-state index < -0.39 is 5.97 Å². The van der Waals surface area contributed by atoms with Gasteiger partial charge in [-0.2, -0.15) is 0 Å². The molecule has 0 radical (unpaired) electrons. The number of benzene rings is 1. The summed E-state index contributed by atoms with van der Waals surface area (Å²) in [6.45, 7) is 2.47. The lowest BCUT2D eigenvalue weighted by atomic mass is 10.2. The second kappa shape index (κ2) is 5.64. The van der Waals surface area contributed by atoms with Crippen LogP contribution in [0, 0.1) is 0 Å². The van der Waals surface area contributed by atoms with Crippen molar-refractivity contribution < 1.29 is 14.3 Å². The summed E-state index contributed by atoms with van der Waals surface area (Å²) in [6.07, 6.45) is 0. The van der Waals surface area contributed by atoms with E-state index in [1.165, 1.54) is 0 Å². The molecule has 2 aliphatic rings. The second-order valence-corrected chi connectivity index (χ2v) is 4.77. The second-order valence-electron chi connectivity index (χ2n) is 4.41. The van der Waals surface area contributed by atoms with E-state index in [-0.39, 0.29) is 11.6 Å². The molecule has 0 amide bonds. The van der Waals surface area contributed by atoms with Crippen molar-refractivity contribution in [1.82, 2.24) is 4.90 Å². The summed E-state index contributed by atoms with van der Waals surface area (Å²) in [4.78, 5) is 18.0. The molecular weight excluding hydrogens is 280 g/mol. The molecule has 20 heavy (non-hydrogen) atoms. The maximum Gasteiger partial charge on any atom is 0.366 e. The van der Waals surface area contributed by atoms with Crippen LogP contribution in [0.25, 0.3) is 0 Å². The zero-order chi connectivity index (χ0) is 13.9. The molecule has 0 atom stereocenters. The fourth-order valence-electron chi connectivity index (χ4n) is 2.05. The molecule has 5 nitrogen and oxygen atoms in total. The Morgan fingerprint density at radius 3 is 2.60 bits per heavy atom. The number of cyclic esters (lactones) is 1. The highest BCUT2D eigenvalue weighted by atomic mass is 35.5. The summed E-state index contributed by atoms with van der Waals surface area (Å²) in [7, 11) is 0. The van der Waals surface area contributed by atoms with E-state index in [0.29, 0.717) is 31.5 Å². The van der Waals surface area contributed by atoms with Crippen LogP contribution in [0.5, 0.6) is 0 Å². The zero-order valence-electron chi connectivity index (χ0n) is 10.7. The minimum atomic E-state index is -0.514. The van der Waals surface area contributed by atoms with Gasteiger partial charge in [0, 0.05) is 18.7 Å². The van der Waals surface area contributed by atoms with Gasteiger partial charge in [-0.3, -0.25) is 0 Å². The lowest BCUT2D eigenvalue weighted by Gasteiger charge is -2.27. The number of hydrogen-bond acceptors (Lipinski definition) is 5. The highest BCUT2D eigenvalue weighted by Crippen LogP contribution is 2.24. The molecular formula is C14H13ClN2O3. The number of carbonyl (C=O) groups is 1. The predicted molar refractivity (Wildman–Crippen MR) is 74.3 cm³/mol. The van der Waals surface area contributed by atoms with E-state index in [1.54, 1.807) is 0 Å². The first-order valence-corrected chi connectivity index (χ1v) is 6.72. The van der Waals surface area contributed by atoms with Crippen molar-refractivity contribution in [2.75, 3.05) is 26.3 Å².